The maximum absolute atomic E-state index is 5.77. The number of rotatable bonds is 4. The van der Waals surface area contributed by atoms with Crippen LogP contribution >= 0.6 is 0 Å². The van der Waals surface area contributed by atoms with Crippen LogP contribution in [-0.2, 0) is 0 Å². The minimum atomic E-state index is 0.593. The summed E-state index contributed by atoms with van der Waals surface area (Å²) in [7, 11) is 0. The Balaban J connectivity index is 2.21. The highest BCUT2D eigenvalue weighted by Crippen LogP contribution is 2.28. The van der Waals surface area contributed by atoms with Crippen LogP contribution in [0.2, 0.25) is 0 Å². The van der Waals surface area contributed by atoms with Crippen LogP contribution in [0.15, 0.2) is 42.7 Å². The van der Waals surface area contributed by atoms with Crippen molar-refractivity contribution in [3.05, 3.63) is 42.7 Å². The molecule has 0 spiro atoms. The predicted octanol–water partition coefficient (Wildman–Crippen LogP) is 2.85. The topological polar surface area (TPSA) is 57.4 Å². The van der Waals surface area contributed by atoms with Gasteiger partial charge in [-0.2, -0.15) is 0 Å². The predicted molar refractivity (Wildman–Crippen MR) is 66.3 cm³/mol. The molecule has 17 heavy (non-hydrogen) atoms. The van der Waals surface area contributed by atoms with Gasteiger partial charge < -0.3 is 15.2 Å². The van der Waals surface area contributed by atoms with E-state index in [0.29, 0.717) is 29.5 Å². The molecule has 0 saturated heterocycles. The van der Waals surface area contributed by atoms with E-state index in [9.17, 15) is 0 Å². The van der Waals surface area contributed by atoms with Crippen molar-refractivity contribution in [3.8, 4) is 17.2 Å². The van der Waals surface area contributed by atoms with E-state index < -0.39 is 0 Å². The maximum atomic E-state index is 5.77. The van der Waals surface area contributed by atoms with Gasteiger partial charge in [0, 0.05) is 30.1 Å². The molecule has 88 valence electrons. The van der Waals surface area contributed by atoms with E-state index >= 15 is 0 Å². The van der Waals surface area contributed by atoms with Gasteiger partial charge >= 0.3 is 0 Å². The first-order chi connectivity index (χ1) is 8.28. The number of nitrogen functional groups attached to an aromatic ring is 1. The average molecular weight is 230 g/mol. The van der Waals surface area contributed by atoms with Crippen molar-refractivity contribution in [2.24, 2.45) is 0 Å². The zero-order chi connectivity index (χ0) is 12.1. The Kier molecular flexibility index (Phi) is 3.45. The van der Waals surface area contributed by atoms with Gasteiger partial charge in [0.1, 0.15) is 17.2 Å². The fourth-order valence-corrected chi connectivity index (χ4v) is 1.45. The zero-order valence-corrected chi connectivity index (χ0v) is 9.59. The van der Waals surface area contributed by atoms with E-state index in [4.69, 9.17) is 15.2 Å². The van der Waals surface area contributed by atoms with Crippen LogP contribution in [0.5, 0.6) is 17.2 Å². The van der Waals surface area contributed by atoms with Gasteiger partial charge in [0.15, 0.2) is 0 Å². The Bertz CT molecular complexity index is 486. The molecule has 0 saturated carbocycles. The molecule has 1 aromatic heterocycles. The third kappa shape index (κ3) is 3.11. The molecule has 2 rings (SSSR count). The van der Waals surface area contributed by atoms with Crippen LogP contribution in [0.4, 0.5) is 5.69 Å². The fraction of sp³-hybridized carbons (Fsp3) is 0.154. The van der Waals surface area contributed by atoms with Gasteiger partial charge in [0.25, 0.3) is 0 Å². The van der Waals surface area contributed by atoms with Crippen molar-refractivity contribution in [3.63, 3.8) is 0 Å². The van der Waals surface area contributed by atoms with Gasteiger partial charge in [-0.05, 0) is 19.1 Å². The first-order valence-corrected chi connectivity index (χ1v) is 5.39. The normalized spacial score (nSPS) is 9.94. The van der Waals surface area contributed by atoms with E-state index in [-0.39, 0.29) is 0 Å². The van der Waals surface area contributed by atoms with E-state index in [1.807, 2.05) is 19.1 Å². The van der Waals surface area contributed by atoms with Crippen molar-refractivity contribution in [2.45, 2.75) is 6.92 Å². The minimum absolute atomic E-state index is 0.593. The third-order valence-electron chi connectivity index (χ3n) is 2.08. The zero-order valence-electron chi connectivity index (χ0n) is 9.59. The lowest BCUT2D eigenvalue weighted by Crippen LogP contribution is -1.94. The summed E-state index contributed by atoms with van der Waals surface area (Å²) in [5.74, 6) is 2.01. The van der Waals surface area contributed by atoms with Crippen LogP contribution in [-0.4, -0.2) is 11.6 Å². The Morgan fingerprint density at radius 2 is 2.00 bits per heavy atom. The van der Waals surface area contributed by atoms with E-state index in [2.05, 4.69) is 4.98 Å². The lowest BCUT2D eigenvalue weighted by atomic mass is 10.3. The summed E-state index contributed by atoms with van der Waals surface area (Å²) in [6.07, 6.45) is 3.33. The number of ether oxygens (including phenoxy) is 2. The molecule has 0 amide bonds. The Hall–Kier alpha value is -2.23. The Morgan fingerprint density at radius 1 is 1.18 bits per heavy atom. The second kappa shape index (κ2) is 5.21. The molecule has 0 aliphatic heterocycles. The van der Waals surface area contributed by atoms with Gasteiger partial charge in [-0.3, -0.25) is 4.98 Å². The number of hydrogen-bond acceptors (Lipinski definition) is 4. The molecule has 0 aliphatic rings. The standard InChI is InChI=1S/C13H14N2O2/c1-2-16-12-6-10(14)7-13(8-12)17-11-4-3-5-15-9-11/h3-9H,2,14H2,1H3. The van der Waals surface area contributed by atoms with E-state index in [1.165, 1.54) is 0 Å². The lowest BCUT2D eigenvalue weighted by molar-refractivity contribution is 0.338. The highest BCUT2D eigenvalue weighted by atomic mass is 16.5. The van der Waals surface area contributed by atoms with Gasteiger partial charge in [0.05, 0.1) is 12.8 Å². The SMILES string of the molecule is CCOc1cc(N)cc(Oc2cccnc2)c1. The second-order valence-electron chi connectivity index (χ2n) is 3.46. The maximum Gasteiger partial charge on any atom is 0.145 e. The van der Waals surface area contributed by atoms with Crippen LogP contribution in [0, 0.1) is 0 Å². The largest absolute Gasteiger partial charge is 0.494 e. The molecule has 2 N–H and O–H groups in total. The smallest absolute Gasteiger partial charge is 0.145 e. The number of hydrogen-bond donors (Lipinski definition) is 1. The number of pyridine rings is 1. The summed E-state index contributed by atoms with van der Waals surface area (Å²) < 4.78 is 11.0. The molecule has 0 aliphatic carbocycles. The summed E-state index contributed by atoms with van der Waals surface area (Å²) in [6.45, 7) is 2.51. The molecule has 1 aromatic carbocycles. The summed E-state index contributed by atoms with van der Waals surface area (Å²) >= 11 is 0. The van der Waals surface area contributed by atoms with Crippen molar-refractivity contribution >= 4 is 5.69 Å². The first kappa shape index (κ1) is 11.3. The molecule has 0 radical (unpaired) electrons. The number of nitrogens with zero attached hydrogens (tertiary/aromatic N) is 1. The van der Waals surface area contributed by atoms with Crippen LogP contribution < -0.4 is 15.2 Å². The molecule has 0 unspecified atom stereocenters. The number of benzene rings is 1. The van der Waals surface area contributed by atoms with Gasteiger partial charge in [0.2, 0.25) is 0 Å². The summed E-state index contributed by atoms with van der Waals surface area (Å²) in [5.41, 5.74) is 6.37. The minimum Gasteiger partial charge on any atom is -0.494 e. The van der Waals surface area contributed by atoms with Crippen molar-refractivity contribution < 1.29 is 9.47 Å². The molecule has 4 nitrogen and oxygen atoms in total. The number of anilines is 1. The molecular formula is C13H14N2O2. The van der Waals surface area contributed by atoms with E-state index in [1.54, 1.807) is 30.6 Å². The Labute approximate surface area is 100 Å². The van der Waals surface area contributed by atoms with Gasteiger partial charge in [-0.1, -0.05) is 0 Å². The fourth-order valence-electron chi connectivity index (χ4n) is 1.45. The molecule has 2 aromatic rings. The molecular weight excluding hydrogens is 216 g/mol. The van der Waals surface area contributed by atoms with Gasteiger partial charge in [-0.25, -0.2) is 0 Å². The van der Waals surface area contributed by atoms with Crippen LogP contribution in [0.3, 0.4) is 0 Å². The number of nitrogens with two attached hydrogens (primary N) is 1. The highest BCUT2D eigenvalue weighted by molar-refractivity contribution is 5.51. The Morgan fingerprint density at radius 3 is 2.71 bits per heavy atom. The van der Waals surface area contributed by atoms with Crippen LogP contribution in [0.25, 0.3) is 0 Å². The lowest BCUT2D eigenvalue weighted by Gasteiger charge is -2.09. The highest BCUT2D eigenvalue weighted by Gasteiger charge is 2.02. The first-order valence-electron chi connectivity index (χ1n) is 5.39. The molecule has 4 heteroatoms. The van der Waals surface area contributed by atoms with E-state index in [0.717, 1.165) is 0 Å². The number of aromatic nitrogens is 1. The van der Waals surface area contributed by atoms with Crippen molar-refractivity contribution in [1.29, 1.82) is 0 Å². The molecule has 0 bridgehead atoms. The van der Waals surface area contributed by atoms with Crippen molar-refractivity contribution in [1.82, 2.24) is 4.98 Å². The van der Waals surface area contributed by atoms with Crippen LogP contribution in [0.1, 0.15) is 6.92 Å². The molecule has 0 fully saturated rings. The molecule has 1 heterocycles. The second-order valence-corrected chi connectivity index (χ2v) is 3.46. The molecule has 0 atom stereocenters. The average Bonchev–Trinajstić information content (AvgIpc) is 2.30. The summed E-state index contributed by atoms with van der Waals surface area (Å²) in [5, 5.41) is 0. The quantitative estimate of drug-likeness (QED) is 0.820. The summed E-state index contributed by atoms with van der Waals surface area (Å²) in [6, 6.07) is 8.95. The summed E-state index contributed by atoms with van der Waals surface area (Å²) in [4.78, 5) is 3.97. The third-order valence-corrected chi connectivity index (χ3v) is 2.08. The van der Waals surface area contributed by atoms with Crippen molar-refractivity contribution in [2.75, 3.05) is 12.3 Å². The van der Waals surface area contributed by atoms with Gasteiger partial charge in [-0.15, -0.1) is 0 Å². The monoisotopic (exact) mass is 230 g/mol.